The van der Waals surface area contributed by atoms with Gasteiger partial charge in [0.2, 0.25) is 5.91 Å². The monoisotopic (exact) mass is 449 g/mol. The molecule has 0 aliphatic carbocycles. The first-order chi connectivity index (χ1) is 15.9. The first-order valence-electron chi connectivity index (χ1n) is 11.7. The van der Waals surface area contributed by atoms with Gasteiger partial charge in [0, 0.05) is 62.5 Å². The number of anilines is 1. The van der Waals surface area contributed by atoms with E-state index in [1.165, 1.54) is 0 Å². The van der Waals surface area contributed by atoms with E-state index in [4.69, 9.17) is 0 Å². The molecule has 2 fully saturated rings. The second-order valence-corrected chi connectivity index (χ2v) is 8.64. The molecule has 0 saturated carbocycles. The first kappa shape index (κ1) is 22.9. The van der Waals surface area contributed by atoms with E-state index in [9.17, 15) is 14.4 Å². The van der Waals surface area contributed by atoms with Crippen molar-refractivity contribution < 1.29 is 14.4 Å². The van der Waals surface area contributed by atoms with Gasteiger partial charge in [0.05, 0.1) is 11.3 Å². The average Bonchev–Trinajstić information content (AvgIpc) is 3.49. The summed E-state index contributed by atoms with van der Waals surface area (Å²) in [5.41, 5.74) is 2.57. The molecule has 174 valence electrons. The molecule has 2 saturated heterocycles. The van der Waals surface area contributed by atoms with Crippen LogP contribution < -0.4 is 4.90 Å². The Morgan fingerprint density at radius 2 is 1.97 bits per heavy atom. The predicted octanol–water partition coefficient (Wildman–Crippen LogP) is 3.02. The maximum absolute atomic E-state index is 13.2. The van der Waals surface area contributed by atoms with Gasteiger partial charge < -0.3 is 14.7 Å². The third-order valence-corrected chi connectivity index (χ3v) is 6.60. The summed E-state index contributed by atoms with van der Waals surface area (Å²) in [6.07, 6.45) is 3.81. The summed E-state index contributed by atoms with van der Waals surface area (Å²) >= 11 is 0. The van der Waals surface area contributed by atoms with E-state index >= 15 is 0 Å². The normalized spacial score (nSPS) is 18.2. The Labute approximate surface area is 194 Å². The molecule has 1 aromatic carbocycles. The molecule has 2 aromatic rings. The van der Waals surface area contributed by atoms with Gasteiger partial charge in [-0.1, -0.05) is 6.07 Å². The first-order valence-corrected chi connectivity index (χ1v) is 11.7. The molecule has 0 radical (unpaired) electrons. The maximum atomic E-state index is 13.2. The number of carbonyl (C=O) groups excluding carboxylic acids is 3. The van der Waals surface area contributed by atoms with Crippen LogP contribution in [-0.4, -0.2) is 70.2 Å². The fraction of sp³-hybridized carbons (Fsp3) is 0.480. The van der Waals surface area contributed by atoms with Crippen molar-refractivity contribution in [1.82, 2.24) is 19.8 Å². The van der Waals surface area contributed by atoms with Gasteiger partial charge in [0.25, 0.3) is 11.8 Å². The molecule has 8 nitrogen and oxygen atoms in total. The number of carbonyl (C=O) groups is 3. The minimum absolute atomic E-state index is 0.0357. The van der Waals surface area contributed by atoms with Crippen LogP contribution in [-0.2, 0) is 4.79 Å². The van der Waals surface area contributed by atoms with Gasteiger partial charge in [-0.05, 0) is 51.8 Å². The lowest BCUT2D eigenvalue weighted by molar-refractivity contribution is -0.117. The fourth-order valence-corrected chi connectivity index (χ4v) is 4.64. The highest BCUT2D eigenvalue weighted by Gasteiger charge is 2.31. The highest BCUT2D eigenvalue weighted by molar-refractivity contribution is 5.99. The highest BCUT2D eigenvalue weighted by atomic mass is 16.2. The zero-order chi connectivity index (χ0) is 23.5. The summed E-state index contributed by atoms with van der Waals surface area (Å²) in [4.78, 5) is 52.3. The Hall–Kier alpha value is -3.29. The number of hydrogen-bond donors (Lipinski definition) is 0. The SMILES string of the molecule is CCN(CC)C(=O)c1cnc(C2CCN(C(=O)c3cccc(N4CCCC4=O)c3)C2)nc1C. The number of likely N-dealkylation sites (tertiary alicyclic amines) is 1. The second-order valence-electron chi connectivity index (χ2n) is 8.64. The molecule has 1 unspecified atom stereocenters. The second kappa shape index (κ2) is 9.68. The van der Waals surface area contributed by atoms with Gasteiger partial charge in [-0.15, -0.1) is 0 Å². The van der Waals surface area contributed by atoms with Crippen molar-refractivity contribution in [3.63, 3.8) is 0 Å². The third-order valence-electron chi connectivity index (χ3n) is 6.60. The van der Waals surface area contributed by atoms with E-state index in [0.717, 1.165) is 18.5 Å². The number of aromatic nitrogens is 2. The van der Waals surface area contributed by atoms with Gasteiger partial charge in [0.1, 0.15) is 5.82 Å². The molecule has 0 bridgehead atoms. The molecular formula is C25H31N5O3. The van der Waals surface area contributed by atoms with Crippen molar-refractivity contribution >= 4 is 23.4 Å². The molecular weight excluding hydrogens is 418 g/mol. The van der Waals surface area contributed by atoms with Gasteiger partial charge in [-0.2, -0.15) is 0 Å². The number of rotatable bonds is 6. The van der Waals surface area contributed by atoms with Crippen LogP contribution >= 0.6 is 0 Å². The largest absolute Gasteiger partial charge is 0.339 e. The van der Waals surface area contributed by atoms with Crippen LogP contribution in [0.3, 0.4) is 0 Å². The smallest absolute Gasteiger partial charge is 0.257 e. The number of hydrogen-bond acceptors (Lipinski definition) is 5. The molecule has 2 aliphatic rings. The molecule has 1 aromatic heterocycles. The molecule has 0 spiro atoms. The van der Waals surface area contributed by atoms with E-state index in [-0.39, 0.29) is 23.6 Å². The van der Waals surface area contributed by atoms with Gasteiger partial charge in [-0.3, -0.25) is 14.4 Å². The molecule has 8 heteroatoms. The van der Waals surface area contributed by atoms with Gasteiger partial charge in [-0.25, -0.2) is 9.97 Å². The molecule has 3 amide bonds. The Morgan fingerprint density at radius 1 is 1.18 bits per heavy atom. The van der Waals surface area contributed by atoms with Crippen molar-refractivity contribution in [2.45, 2.75) is 46.0 Å². The molecule has 3 heterocycles. The Bertz CT molecular complexity index is 1070. The summed E-state index contributed by atoms with van der Waals surface area (Å²) in [6, 6.07) is 7.32. The summed E-state index contributed by atoms with van der Waals surface area (Å²) in [7, 11) is 0. The van der Waals surface area contributed by atoms with E-state index in [2.05, 4.69) is 9.97 Å². The molecule has 1 atom stereocenters. The quantitative estimate of drug-likeness (QED) is 0.677. The Balaban J connectivity index is 1.45. The van der Waals surface area contributed by atoms with E-state index < -0.39 is 0 Å². The minimum atomic E-state index is -0.0522. The fourth-order valence-electron chi connectivity index (χ4n) is 4.64. The van der Waals surface area contributed by atoms with Crippen LogP contribution in [0, 0.1) is 6.92 Å². The van der Waals surface area contributed by atoms with E-state index in [0.29, 0.717) is 61.8 Å². The van der Waals surface area contributed by atoms with Crippen molar-refractivity contribution in [2.24, 2.45) is 0 Å². The van der Waals surface area contributed by atoms with E-state index in [1.54, 1.807) is 22.1 Å². The molecule has 2 aliphatic heterocycles. The molecule has 0 N–H and O–H groups in total. The van der Waals surface area contributed by atoms with Crippen LogP contribution in [0.15, 0.2) is 30.5 Å². The predicted molar refractivity (Wildman–Crippen MR) is 125 cm³/mol. The van der Waals surface area contributed by atoms with Crippen LogP contribution in [0.25, 0.3) is 0 Å². The number of benzene rings is 1. The summed E-state index contributed by atoms with van der Waals surface area (Å²) < 4.78 is 0. The lowest BCUT2D eigenvalue weighted by Gasteiger charge is -2.20. The number of amides is 3. The number of aryl methyl sites for hydroxylation is 1. The highest BCUT2D eigenvalue weighted by Crippen LogP contribution is 2.28. The average molecular weight is 450 g/mol. The lowest BCUT2D eigenvalue weighted by Crippen LogP contribution is -2.31. The minimum Gasteiger partial charge on any atom is -0.339 e. The van der Waals surface area contributed by atoms with Gasteiger partial charge >= 0.3 is 0 Å². The summed E-state index contributed by atoms with van der Waals surface area (Å²) in [5.74, 6) is 0.722. The third kappa shape index (κ3) is 4.60. The van der Waals surface area contributed by atoms with Crippen molar-refractivity contribution in [3.8, 4) is 0 Å². The zero-order valence-corrected chi connectivity index (χ0v) is 19.6. The van der Waals surface area contributed by atoms with Crippen molar-refractivity contribution in [2.75, 3.05) is 37.6 Å². The lowest BCUT2D eigenvalue weighted by atomic mass is 10.1. The standard InChI is InChI=1S/C25H31N5O3/c1-4-28(5-2)25(33)21-15-26-23(27-17(21)3)19-11-13-29(16-19)24(32)18-8-6-9-20(14-18)30-12-7-10-22(30)31/h6,8-9,14-15,19H,4-5,7,10-13,16H2,1-3H3. The van der Waals surface area contributed by atoms with Crippen LogP contribution in [0.5, 0.6) is 0 Å². The molecule has 4 rings (SSSR count). The van der Waals surface area contributed by atoms with Crippen LogP contribution in [0.4, 0.5) is 5.69 Å². The maximum Gasteiger partial charge on any atom is 0.257 e. The summed E-state index contributed by atoms with van der Waals surface area (Å²) in [5, 5.41) is 0. The number of nitrogens with zero attached hydrogens (tertiary/aromatic N) is 5. The van der Waals surface area contributed by atoms with Crippen molar-refractivity contribution in [1.29, 1.82) is 0 Å². The van der Waals surface area contributed by atoms with Crippen molar-refractivity contribution in [3.05, 3.63) is 53.1 Å². The summed E-state index contributed by atoms with van der Waals surface area (Å²) in [6.45, 7) is 8.89. The topological polar surface area (TPSA) is 86.7 Å². The Kier molecular flexibility index (Phi) is 6.72. The zero-order valence-electron chi connectivity index (χ0n) is 19.6. The molecule has 33 heavy (non-hydrogen) atoms. The van der Waals surface area contributed by atoms with Crippen LogP contribution in [0.2, 0.25) is 0 Å². The van der Waals surface area contributed by atoms with Crippen LogP contribution in [0.1, 0.15) is 71.3 Å². The van der Waals surface area contributed by atoms with Gasteiger partial charge in [0.15, 0.2) is 0 Å². The Morgan fingerprint density at radius 3 is 2.64 bits per heavy atom. The van der Waals surface area contributed by atoms with E-state index in [1.807, 2.05) is 43.9 Å².